The van der Waals surface area contributed by atoms with E-state index in [2.05, 4.69) is 83.0 Å². The number of rotatable bonds is 28. The predicted molar refractivity (Wildman–Crippen MR) is 209 cm³/mol. The maximum atomic E-state index is 12.6. The highest BCUT2D eigenvalue weighted by Gasteiger charge is 2.09. The smallest absolute Gasteiger partial charge is 0.320 e. The van der Waals surface area contributed by atoms with E-state index in [0.29, 0.717) is 13.3 Å². The van der Waals surface area contributed by atoms with Gasteiger partial charge in [0.1, 0.15) is 0 Å². The third kappa shape index (κ3) is 20.9. The first-order valence-electron chi connectivity index (χ1n) is 19.7. The molecule has 2 aromatic carbocycles. The second-order valence-electron chi connectivity index (χ2n) is 13.6. The first kappa shape index (κ1) is 42.1. The molecule has 0 aliphatic carbocycles. The number of unbranched alkanes of at least 4 members (excludes halogenated alkanes) is 12. The summed E-state index contributed by atoms with van der Waals surface area (Å²) in [5, 5.41) is 12.1. The van der Waals surface area contributed by atoms with Gasteiger partial charge in [-0.15, -0.1) is 0 Å². The van der Waals surface area contributed by atoms with Crippen molar-refractivity contribution in [3.63, 3.8) is 0 Å². The van der Waals surface area contributed by atoms with Crippen LogP contribution in [0.25, 0.3) is 0 Å². The Kier molecular flexibility index (Phi) is 23.8. The van der Waals surface area contributed by atoms with Gasteiger partial charge in [-0.1, -0.05) is 129 Å². The van der Waals surface area contributed by atoms with Gasteiger partial charge in [-0.3, -0.25) is 9.80 Å². The van der Waals surface area contributed by atoms with E-state index in [1.165, 1.54) is 77.0 Å². The van der Waals surface area contributed by atoms with E-state index >= 15 is 0 Å². The van der Waals surface area contributed by atoms with E-state index in [0.717, 1.165) is 80.8 Å². The van der Waals surface area contributed by atoms with E-state index in [-0.39, 0.29) is 12.1 Å². The molecule has 0 saturated carbocycles. The Hall–Kier alpha value is -3.10. The average Bonchev–Trinajstić information content (AvgIpc) is 3.11. The molecule has 0 spiro atoms. The van der Waals surface area contributed by atoms with Crippen LogP contribution in [-0.4, -0.2) is 61.4 Å². The van der Waals surface area contributed by atoms with Crippen LogP contribution in [-0.2, 0) is 6.42 Å². The van der Waals surface area contributed by atoms with Gasteiger partial charge in [0.2, 0.25) is 0 Å². The van der Waals surface area contributed by atoms with E-state index < -0.39 is 0 Å². The number of urea groups is 2. The number of anilines is 2. The lowest BCUT2D eigenvalue weighted by Crippen LogP contribution is -2.40. The predicted octanol–water partition coefficient (Wildman–Crippen LogP) is 10.4. The monoisotopic (exact) mass is 679 g/mol. The molecule has 0 unspecified atom stereocenters. The van der Waals surface area contributed by atoms with E-state index in [4.69, 9.17) is 0 Å². The molecule has 2 rings (SSSR count). The van der Waals surface area contributed by atoms with Gasteiger partial charge in [0, 0.05) is 11.4 Å². The number of carbonyl (C=O) groups is 2. The highest BCUT2D eigenvalue weighted by Crippen LogP contribution is 2.16. The van der Waals surface area contributed by atoms with Gasteiger partial charge in [-0.2, -0.15) is 0 Å². The second-order valence-corrected chi connectivity index (χ2v) is 13.6. The van der Waals surface area contributed by atoms with Crippen LogP contribution >= 0.6 is 0 Å². The Morgan fingerprint density at radius 1 is 0.449 bits per heavy atom. The molecule has 8 heteroatoms. The van der Waals surface area contributed by atoms with Crippen molar-refractivity contribution in [1.29, 1.82) is 0 Å². The summed E-state index contributed by atoms with van der Waals surface area (Å²) >= 11 is 0. The van der Waals surface area contributed by atoms with Gasteiger partial charge < -0.3 is 21.3 Å². The van der Waals surface area contributed by atoms with Crippen molar-refractivity contribution < 1.29 is 9.59 Å². The maximum absolute atomic E-state index is 12.6. The minimum absolute atomic E-state index is 0.171. The lowest BCUT2D eigenvalue weighted by atomic mass is 10.0. The Balaban J connectivity index is 1.73. The standard InChI is InChI=1S/C41H70N6O2/c1-5-9-13-15-17-19-31-46(29-11-7-3)34-42-40(48)44-38-25-21-36(22-26-38)33-37-23-27-39(28-24-37)45-41(49)43-35-47(30-12-8-4)32-20-18-16-14-10-6-2/h21-28H,5-20,29-35H2,1-4H3,(H2,42,44,48)(H2,43,45,49). The zero-order chi connectivity index (χ0) is 35.4. The van der Waals surface area contributed by atoms with Crippen molar-refractivity contribution in [3.8, 4) is 0 Å². The van der Waals surface area contributed by atoms with E-state index in [1.807, 2.05) is 24.3 Å². The Labute approximate surface area is 299 Å². The van der Waals surface area contributed by atoms with Crippen LogP contribution in [0.4, 0.5) is 21.0 Å². The molecule has 49 heavy (non-hydrogen) atoms. The van der Waals surface area contributed by atoms with Gasteiger partial charge in [0.05, 0.1) is 13.3 Å². The van der Waals surface area contributed by atoms with Gasteiger partial charge in [0.15, 0.2) is 0 Å². The summed E-state index contributed by atoms with van der Waals surface area (Å²) in [6.45, 7) is 14.2. The van der Waals surface area contributed by atoms with Crippen LogP contribution in [0, 0.1) is 0 Å². The molecule has 0 bridgehead atoms. The fourth-order valence-electron chi connectivity index (χ4n) is 5.90. The molecule has 0 radical (unpaired) electrons. The number of benzene rings is 2. The van der Waals surface area contributed by atoms with Crippen molar-refractivity contribution in [1.82, 2.24) is 20.4 Å². The minimum atomic E-state index is -0.171. The third-order valence-corrected chi connectivity index (χ3v) is 9.07. The first-order chi connectivity index (χ1) is 24.0. The molecule has 0 fully saturated rings. The van der Waals surface area contributed by atoms with Crippen molar-refractivity contribution in [3.05, 3.63) is 59.7 Å². The van der Waals surface area contributed by atoms with Crippen LogP contribution in [0.1, 0.15) is 142 Å². The zero-order valence-corrected chi connectivity index (χ0v) is 31.6. The molecular formula is C41H70N6O2. The zero-order valence-electron chi connectivity index (χ0n) is 31.6. The summed E-state index contributed by atoms with van der Waals surface area (Å²) in [5.41, 5.74) is 3.88. The highest BCUT2D eigenvalue weighted by molar-refractivity contribution is 5.89. The van der Waals surface area contributed by atoms with Crippen molar-refractivity contribution in [2.45, 2.75) is 137 Å². The molecule has 4 N–H and O–H groups in total. The number of nitrogens with zero attached hydrogens (tertiary/aromatic N) is 2. The number of amides is 4. The molecule has 0 heterocycles. The highest BCUT2D eigenvalue weighted by atomic mass is 16.2. The fraction of sp³-hybridized carbons (Fsp3) is 0.659. The van der Waals surface area contributed by atoms with Crippen molar-refractivity contribution >= 4 is 23.4 Å². The molecule has 276 valence electrons. The lowest BCUT2D eigenvalue weighted by Gasteiger charge is -2.22. The summed E-state index contributed by atoms with van der Waals surface area (Å²) < 4.78 is 0. The van der Waals surface area contributed by atoms with E-state index in [9.17, 15) is 9.59 Å². The molecule has 8 nitrogen and oxygen atoms in total. The van der Waals surface area contributed by atoms with Gasteiger partial charge >= 0.3 is 12.1 Å². The van der Waals surface area contributed by atoms with Crippen LogP contribution in [0.5, 0.6) is 0 Å². The summed E-state index contributed by atoms with van der Waals surface area (Å²) in [6.07, 6.45) is 20.7. The summed E-state index contributed by atoms with van der Waals surface area (Å²) in [4.78, 5) is 30.0. The van der Waals surface area contributed by atoms with Gasteiger partial charge in [0.25, 0.3) is 0 Å². The Morgan fingerprint density at radius 2 is 0.776 bits per heavy atom. The second kappa shape index (κ2) is 27.7. The van der Waals surface area contributed by atoms with Crippen molar-refractivity contribution in [2.24, 2.45) is 0 Å². The SMILES string of the molecule is CCCCCCCCN(CCCC)CNC(=O)Nc1ccc(Cc2ccc(NC(=O)NCN(CCCC)CCCCCCCC)cc2)cc1. The summed E-state index contributed by atoms with van der Waals surface area (Å²) in [6, 6.07) is 15.7. The third-order valence-electron chi connectivity index (χ3n) is 9.07. The normalized spacial score (nSPS) is 11.2. The Bertz CT molecular complexity index is 1020. The minimum Gasteiger partial charge on any atom is -0.325 e. The first-order valence-corrected chi connectivity index (χ1v) is 19.7. The van der Waals surface area contributed by atoms with Gasteiger partial charge in [-0.25, -0.2) is 9.59 Å². The molecule has 0 aliphatic heterocycles. The lowest BCUT2D eigenvalue weighted by molar-refractivity contribution is 0.224. The molecule has 0 aliphatic rings. The van der Waals surface area contributed by atoms with Crippen molar-refractivity contribution in [2.75, 3.05) is 50.1 Å². The molecule has 4 amide bonds. The molecule has 0 aromatic heterocycles. The largest absolute Gasteiger partial charge is 0.325 e. The molecule has 2 aromatic rings. The quantitative estimate of drug-likeness (QED) is 0.0533. The summed E-state index contributed by atoms with van der Waals surface area (Å²) in [7, 11) is 0. The van der Waals surface area contributed by atoms with Crippen LogP contribution < -0.4 is 21.3 Å². The number of nitrogens with one attached hydrogen (secondary N) is 4. The molecular weight excluding hydrogens is 608 g/mol. The van der Waals surface area contributed by atoms with Crippen LogP contribution in [0.15, 0.2) is 48.5 Å². The maximum Gasteiger partial charge on any atom is 0.320 e. The number of hydrogen-bond donors (Lipinski definition) is 4. The van der Waals surface area contributed by atoms with Crippen LogP contribution in [0.2, 0.25) is 0 Å². The average molecular weight is 679 g/mol. The molecule has 0 atom stereocenters. The number of carbonyl (C=O) groups excluding carboxylic acids is 2. The molecule has 0 saturated heterocycles. The topological polar surface area (TPSA) is 88.7 Å². The number of hydrogen-bond acceptors (Lipinski definition) is 4. The fourth-order valence-corrected chi connectivity index (χ4v) is 5.90. The Morgan fingerprint density at radius 3 is 1.14 bits per heavy atom. The summed E-state index contributed by atoms with van der Waals surface area (Å²) in [5.74, 6) is 0. The van der Waals surface area contributed by atoms with Crippen LogP contribution in [0.3, 0.4) is 0 Å². The van der Waals surface area contributed by atoms with E-state index in [1.54, 1.807) is 0 Å². The van der Waals surface area contributed by atoms with Gasteiger partial charge in [-0.05, 0) is 93.7 Å².